The summed E-state index contributed by atoms with van der Waals surface area (Å²) in [5.74, 6) is 0.868. The number of thioether (sulfide) groups is 1. The van der Waals surface area contributed by atoms with Gasteiger partial charge in [-0.1, -0.05) is 30.0 Å². The van der Waals surface area contributed by atoms with Gasteiger partial charge >= 0.3 is 6.18 Å². The molecule has 1 N–H and O–H groups in total. The number of carbonyl (C=O) groups is 1. The van der Waals surface area contributed by atoms with E-state index >= 15 is 0 Å². The Hall–Kier alpha value is -3.34. The molecule has 11 heteroatoms. The van der Waals surface area contributed by atoms with E-state index in [1.165, 1.54) is 18.2 Å². The molecule has 0 aliphatic heterocycles. The van der Waals surface area contributed by atoms with Crippen LogP contribution in [0.5, 0.6) is 5.75 Å². The maximum atomic E-state index is 13.0. The van der Waals surface area contributed by atoms with E-state index < -0.39 is 17.6 Å². The number of amides is 1. The van der Waals surface area contributed by atoms with Crippen LogP contribution >= 0.6 is 11.8 Å². The van der Waals surface area contributed by atoms with Gasteiger partial charge in [-0.25, -0.2) is 5.43 Å². The molecule has 0 unspecified atom stereocenters. The smallest absolute Gasteiger partial charge is 0.417 e. The second kappa shape index (κ2) is 10.3. The SMILES string of the molecule is CCn1c(SCC(=O)N/N=C/c2ccccc2C(F)(F)F)nnc1-c1ccc(OC)cc1. The van der Waals surface area contributed by atoms with E-state index in [1.807, 2.05) is 35.8 Å². The van der Waals surface area contributed by atoms with Gasteiger partial charge < -0.3 is 9.30 Å². The van der Waals surface area contributed by atoms with Crippen LogP contribution < -0.4 is 10.2 Å². The fraction of sp³-hybridized carbons (Fsp3) is 0.238. The molecule has 32 heavy (non-hydrogen) atoms. The molecule has 168 valence electrons. The first-order valence-electron chi connectivity index (χ1n) is 9.52. The van der Waals surface area contributed by atoms with Crippen molar-refractivity contribution >= 4 is 23.9 Å². The van der Waals surface area contributed by atoms with E-state index in [9.17, 15) is 18.0 Å². The van der Waals surface area contributed by atoms with Crippen molar-refractivity contribution in [2.24, 2.45) is 5.10 Å². The number of nitrogens with zero attached hydrogens (tertiary/aromatic N) is 4. The number of hydrogen-bond acceptors (Lipinski definition) is 6. The van der Waals surface area contributed by atoms with Crippen LogP contribution in [0.2, 0.25) is 0 Å². The fourth-order valence-corrected chi connectivity index (χ4v) is 3.63. The lowest BCUT2D eigenvalue weighted by Crippen LogP contribution is -2.20. The molecule has 2 aromatic carbocycles. The zero-order chi connectivity index (χ0) is 23.1. The van der Waals surface area contributed by atoms with E-state index in [2.05, 4.69) is 20.7 Å². The maximum absolute atomic E-state index is 13.0. The van der Waals surface area contributed by atoms with Crippen LogP contribution in [-0.4, -0.2) is 39.7 Å². The number of hydrazone groups is 1. The Morgan fingerprint density at radius 3 is 2.56 bits per heavy atom. The standard InChI is InChI=1S/C21H20F3N5O2S/c1-3-29-19(14-8-10-16(31-2)11-9-14)27-28-20(29)32-13-18(30)26-25-12-15-6-4-5-7-17(15)21(22,23)24/h4-12H,3,13H2,1-2H3,(H,26,30)/b25-12+. The molecule has 0 fully saturated rings. The minimum absolute atomic E-state index is 0.0288. The maximum Gasteiger partial charge on any atom is 0.417 e. The Morgan fingerprint density at radius 1 is 1.19 bits per heavy atom. The first-order valence-corrected chi connectivity index (χ1v) is 10.5. The van der Waals surface area contributed by atoms with Crippen molar-refractivity contribution in [2.75, 3.05) is 12.9 Å². The largest absolute Gasteiger partial charge is 0.497 e. The molecule has 1 aromatic heterocycles. The number of carbonyl (C=O) groups excluding carboxylic acids is 1. The number of methoxy groups -OCH3 is 1. The molecule has 1 amide bonds. The summed E-state index contributed by atoms with van der Waals surface area (Å²) in [5, 5.41) is 12.5. The van der Waals surface area contributed by atoms with Gasteiger partial charge in [-0.2, -0.15) is 18.3 Å². The first-order chi connectivity index (χ1) is 15.3. The van der Waals surface area contributed by atoms with E-state index in [0.717, 1.165) is 35.4 Å². The predicted octanol–water partition coefficient (Wildman–Crippen LogP) is 4.23. The van der Waals surface area contributed by atoms with Gasteiger partial charge in [0.1, 0.15) is 5.75 Å². The molecule has 1 heterocycles. The van der Waals surface area contributed by atoms with Crippen molar-refractivity contribution in [3.8, 4) is 17.1 Å². The third-order valence-electron chi connectivity index (χ3n) is 4.37. The zero-order valence-electron chi connectivity index (χ0n) is 17.3. The van der Waals surface area contributed by atoms with Crippen LogP contribution in [-0.2, 0) is 17.5 Å². The lowest BCUT2D eigenvalue weighted by Gasteiger charge is -2.09. The first kappa shape index (κ1) is 23.3. The summed E-state index contributed by atoms with van der Waals surface area (Å²) in [6, 6.07) is 12.4. The van der Waals surface area contributed by atoms with Gasteiger partial charge in [0.05, 0.1) is 24.6 Å². The number of benzene rings is 2. The molecular formula is C21H20F3N5O2S. The lowest BCUT2D eigenvalue weighted by atomic mass is 10.1. The Bertz CT molecular complexity index is 1100. The molecule has 0 radical (unpaired) electrons. The summed E-state index contributed by atoms with van der Waals surface area (Å²) in [5.41, 5.74) is 2.13. The van der Waals surface area contributed by atoms with Gasteiger partial charge in [-0.05, 0) is 37.3 Å². The van der Waals surface area contributed by atoms with Crippen molar-refractivity contribution in [1.82, 2.24) is 20.2 Å². The normalized spacial score (nSPS) is 11.7. The van der Waals surface area contributed by atoms with Crippen LogP contribution in [0, 0.1) is 0 Å². The van der Waals surface area contributed by atoms with Crippen molar-refractivity contribution in [2.45, 2.75) is 24.8 Å². The van der Waals surface area contributed by atoms with Crippen molar-refractivity contribution in [1.29, 1.82) is 0 Å². The number of hydrogen-bond donors (Lipinski definition) is 1. The minimum atomic E-state index is -4.51. The average Bonchev–Trinajstić information content (AvgIpc) is 3.20. The van der Waals surface area contributed by atoms with Gasteiger partial charge in [-0.15, -0.1) is 10.2 Å². The van der Waals surface area contributed by atoms with Gasteiger partial charge in [0.25, 0.3) is 5.91 Å². The van der Waals surface area contributed by atoms with Crippen molar-refractivity contribution in [3.63, 3.8) is 0 Å². The summed E-state index contributed by atoms with van der Waals surface area (Å²) >= 11 is 1.16. The summed E-state index contributed by atoms with van der Waals surface area (Å²) in [6.07, 6.45) is -3.53. The van der Waals surface area contributed by atoms with Crippen LogP contribution in [0.15, 0.2) is 58.8 Å². The number of halogens is 3. The molecule has 0 saturated carbocycles. The molecule has 3 rings (SSSR count). The molecular weight excluding hydrogens is 443 g/mol. The molecule has 0 bridgehead atoms. The molecule has 0 spiro atoms. The van der Waals surface area contributed by atoms with Crippen LogP contribution in [0.3, 0.4) is 0 Å². The predicted molar refractivity (Wildman–Crippen MR) is 116 cm³/mol. The van der Waals surface area contributed by atoms with E-state index in [-0.39, 0.29) is 11.3 Å². The summed E-state index contributed by atoms with van der Waals surface area (Å²) in [7, 11) is 1.59. The highest BCUT2D eigenvalue weighted by Crippen LogP contribution is 2.31. The number of ether oxygens (including phenoxy) is 1. The Labute approximate surface area is 186 Å². The Balaban J connectivity index is 1.62. The van der Waals surface area contributed by atoms with Gasteiger partial charge in [0.2, 0.25) is 0 Å². The zero-order valence-corrected chi connectivity index (χ0v) is 18.1. The topological polar surface area (TPSA) is 81.4 Å². The highest BCUT2D eigenvalue weighted by molar-refractivity contribution is 7.99. The van der Waals surface area contributed by atoms with Crippen LogP contribution in [0.4, 0.5) is 13.2 Å². The van der Waals surface area contributed by atoms with Gasteiger partial charge in [0.15, 0.2) is 11.0 Å². The highest BCUT2D eigenvalue weighted by Gasteiger charge is 2.32. The molecule has 3 aromatic rings. The van der Waals surface area contributed by atoms with Gasteiger partial charge in [0, 0.05) is 17.7 Å². The lowest BCUT2D eigenvalue weighted by molar-refractivity contribution is -0.137. The summed E-state index contributed by atoms with van der Waals surface area (Å²) in [4.78, 5) is 12.1. The fourth-order valence-electron chi connectivity index (χ4n) is 2.84. The molecule has 7 nitrogen and oxygen atoms in total. The third kappa shape index (κ3) is 5.67. The number of rotatable bonds is 8. The van der Waals surface area contributed by atoms with E-state index in [4.69, 9.17) is 4.74 Å². The van der Waals surface area contributed by atoms with E-state index in [0.29, 0.717) is 17.5 Å². The summed E-state index contributed by atoms with van der Waals surface area (Å²) in [6.45, 7) is 2.52. The van der Waals surface area contributed by atoms with Crippen molar-refractivity contribution < 1.29 is 22.7 Å². The quantitative estimate of drug-likeness (QED) is 0.307. The third-order valence-corrected chi connectivity index (χ3v) is 5.34. The van der Waals surface area contributed by atoms with E-state index in [1.54, 1.807) is 7.11 Å². The Morgan fingerprint density at radius 2 is 1.91 bits per heavy atom. The molecule has 0 atom stereocenters. The number of aromatic nitrogens is 3. The molecule has 0 aliphatic rings. The Kier molecular flexibility index (Phi) is 7.52. The number of alkyl halides is 3. The summed E-state index contributed by atoms with van der Waals surface area (Å²) < 4.78 is 46.0. The molecule has 0 aliphatic carbocycles. The average molecular weight is 463 g/mol. The van der Waals surface area contributed by atoms with Crippen molar-refractivity contribution in [3.05, 3.63) is 59.7 Å². The molecule has 0 saturated heterocycles. The second-order valence-corrected chi connectivity index (χ2v) is 7.39. The second-order valence-electron chi connectivity index (χ2n) is 6.45. The highest BCUT2D eigenvalue weighted by atomic mass is 32.2. The van der Waals surface area contributed by atoms with Crippen LogP contribution in [0.25, 0.3) is 11.4 Å². The monoisotopic (exact) mass is 463 g/mol. The minimum Gasteiger partial charge on any atom is -0.497 e. The van der Waals surface area contributed by atoms with Crippen LogP contribution in [0.1, 0.15) is 18.1 Å². The van der Waals surface area contributed by atoms with Gasteiger partial charge in [-0.3, -0.25) is 4.79 Å². The number of nitrogens with one attached hydrogen (secondary N) is 1.